The van der Waals surface area contributed by atoms with Crippen LogP contribution in [0.25, 0.3) is 0 Å². The minimum Gasteiger partial charge on any atom is -0.465 e. The molecule has 40 heavy (non-hydrogen) atoms. The van der Waals surface area contributed by atoms with Gasteiger partial charge in [0.25, 0.3) is 10.0 Å². The molecule has 0 amide bonds. The van der Waals surface area contributed by atoms with Gasteiger partial charge in [0.15, 0.2) is 0 Å². The smallest absolute Gasteiger partial charge is 0.339 e. The molecular weight excluding hydrogens is 544 g/mol. The fourth-order valence-corrected chi connectivity index (χ4v) is 10.0. The summed E-state index contributed by atoms with van der Waals surface area (Å²) in [6.45, 7) is 4.90. The Labute approximate surface area is 241 Å². The maximum Gasteiger partial charge on any atom is 0.339 e. The SMILES string of the molecule is COC(=O)c1ccccc1Nc1ccc(S(=O)(=O)Nc2ccc(C34CC5CC(C)(CC(C)(C5)C3)C4)cc2Cl)cc1. The lowest BCUT2D eigenvalue weighted by atomic mass is 9.39. The zero-order valence-corrected chi connectivity index (χ0v) is 24.7. The van der Waals surface area contributed by atoms with E-state index < -0.39 is 16.0 Å². The van der Waals surface area contributed by atoms with Gasteiger partial charge in [-0.05, 0) is 115 Å². The number of hydrogen-bond donors (Lipinski definition) is 2. The van der Waals surface area contributed by atoms with Crippen LogP contribution in [0.2, 0.25) is 5.02 Å². The lowest BCUT2D eigenvalue weighted by Gasteiger charge is -2.65. The van der Waals surface area contributed by atoms with Gasteiger partial charge in [0.2, 0.25) is 0 Å². The first-order valence-electron chi connectivity index (χ1n) is 13.8. The minimum atomic E-state index is -3.86. The van der Waals surface area contributed by atoms with Crippen LogP contribution in [0.1, 0.15) is 68.3 Å². The van der Waals surface area contributed by atoms with E-state index in [-0.39, 0.29) is 10.3 Å². The molecule has 4 saturated carbocycles. The first kappa shape index (κ1) is 27.2. The maximum absolute atomic E-state index is 13.2. The van der Waals surface area contributed by atoms with Crippen LogP contribution in [0, 0.1) is 16.7 Å². The molecule has 4 bridgehead atoms. The lowest BCUT2D eigenvalue weighted by molar-refractivity contribution is -0.110. The normalized spacial score (nSPS) is 28.8. The van der Waals surface area contributed by atoms with E-state index in [2.05, 4.69) is 30.0 Å². The number of esters is 1. The first-order valence-corrected chi connectivity index (χ1v) is 15.7. The third kappa shape index (κ3) is 4.88. The van der Waals surface area contributed by atoms with Crippen molar-refractivity contribution in [3.05, 3.63) is 82.9 Å². The fourth-order valence-electron chi connectivity index (χ4n) is 8.65. The van der Waals surface area contributed by atoms with Crippen LogP contribution in [0.15, 0.2) is 71.6 Å². The number of benzene rings is 3. The van der Waals surface area contributed by atoms with E-state index in [1.165, 1.54) is 63.3 Å². The number of nitrogens with one attached hydrogen (secondary N) is 2. The number of hydrogen-bond acceptors (Lipinski definition) is 5. The molecule has 0 saturated heterocycles. The molecule has 8 heteroatoms. The predicted octanol–water partition coefficient (Wildman–Crippen LogP) is 7.92. The third-order valence-corrected chi connectivity index (χ3v) is 10.9. The molecule has 0 spiro atoms. The molecule has 4 aliphatic carbocycles. The number of rotatable bonds is 7. The van der Waals surface area contributed by atoms with Crippen LogP contribution in [0.3, 0.4) is 0 Å². The molecule has 3 aromatic carbocycles. The standard InChI is InChI=1S/C32H35ClN2O4S/c1-30-15-21-16-31(2,18-30)20-32(17-21,19-30)22-8-13-28(26(33)14-22)35-40(37,38)24-11-9-23(10-12-24)34-27-7-5-4-6-25(27)29(36)39-3/h4-14,21,34-35H,15-20H2,1-3H3. The number of para-hydroxylation sites is 1. The van der Waals surface area contributed by atoms with Gasteiger partial charge in [-0.2, -0.15) is 0 Å². The number of carbonyl (C=O) groups excluding carboxylic acids is 1. The molecule has 2 N–H and O–H groups in total. The molecule has 2 atom stereocenters. The van der Waals surface area contributed by atoms with Gasteiger partial charge in [-0.3, -0.25) is 4.72 Å². The van der Waals surface area contributed by atoms with E-state index in [1.54, 1.807) is 36.4 Å². The Morgan fingerprint density at radius 3 is 2.20 bits per heavy atom. The lowest BCUT2D eigenvalue weighted by Crippen LogP contribution is -2.56. The summed E-state index contributed by atoms with van der Waals surface area (Å²) in [7, 11) is -2.54. The van der Waals surface area contributed by atoms with Crippen molar-refractivity contribution >= 4 is 44.7 Å². The molecule has 0 radical (unpaired) electrons. The molecule has 6 nitrogen and oxygen atoms in total. The Hall–Kier alpha value is -3.03. The quantitative estimate of drug-likeness (QED) is 0.278. The van der Waals surface area contributed by atoms with Crippen LogP contribution in [-0.2, 0) is 20.2 Å². The van der Waals surface area contributed by atoms with Gasteiger partial charge in [0.05, 0.1) is 34.0 Å². The number of halogens is 1. The summed E-state index contributed by atoms with van der Waals surface area (Å²) < 4.78 is 34.0. The molecule has 7 rings (SSSR count). The largest absolute Gasteiger partial charge is 0.465 e. The van der Waals surface area contributed by atoms with Gasteiger partial charge >= 0.3 is 5.97 Å². The summed E-state index contributed by atoms with van der Waals surface area (Å²) in [5.41, 5.74) is 4.09. The topological polar surface area (TPSA) is 84.5 Å². The van der Waals surface area contributed by atoms with Crippen LogP contribution < -0.4 is 10.0 Å². The average molecular weight is 579 g/mol. The van der Waals surface area contributed by atoms with Crippen LogP contribution in [0.5, 0.6) is 0 Å². The summed E-state index contributed by atoms with van der Waals surface area (Å²) in [5, 5.41) is 3.57. The molecule has 0 aromatic heterocycles. The van der Waals surface area contributed by atoms with Gasteiger partial charge in [-0.1, -0.05) is 43.6 Å². The highest BCUT2D eigenvalue weighted by molar-refractivity contribution is 7.92. The van der Waals surface area contributed by atoms with Crippen molar-refractivity contribution in [3.8, 4) is 0 Å². The van der Waals surface area contributed by atoms with Crippen molar-refractivity contribution < 1.29 is 17.9 Å². The average Bonchev–Trinajstić information content (AvgIpc) is 2.88. The zero-order valence-electron chi connectivity index (χ0n) is 23.1. The molecule has 210 valence electrons. The summed E-state index contributed by atoms with van der Waals surface area (Å²) in [6, 6.07) is 19.2. The van der Waals surface area contributed by atoms with E-state index in [4.69, 9.17) is 16.3 Å². The van der Waals surface area contributed by atoms with E-state index >= 15 is 0 Å². The van der Waals surface area contributed by atoms with Gasteiger partial charge in [0.1, 0.15) is 0 Å². The van der Waals surface area contributed by atoms with Gasteiger partial charge in [0, 0.05) is 5.69 Å². The Bertz CT molecular complexity index is 1570. The molecule has 2 unspecified atom stereocenters. The Morgan fingerprint density at radius 1 is 0.900 bits per heavy atom. The van der Waals surface area contributed by atoms with E-state index in [9.17, 15) is 13.2 Å². The predicted molar refractivity (Wildman–Crippen MR) is 159 cm³/mol. The maximum atomic E-state index is 13.2. The number of anilines is 3. The molecule has 4 fully saturated rings. The van der Waals surface area contributed by atoms with E-state index in [0.29, 0.717) is 38.5 Å². The second-order valence-electron chi connectivity index (χ2n) is 12.9. The Balaban J connectivity index is 1.20. The highest BCUT2D eigenvalue weighted by atomic mass is 35.5. The number of ether oxygens (including phenoxy) is 1. The minimum absolute atomic E-state index is 0.112. The van der Waals surface area contributed by atoms with Gasteiger partial charge in [-0.25, -0.2) is 13.2 Å². The van der Waals surface area contributed by atoms with Crippen molar-refractivity contribution in [2.45, 2.75) is 62.7 Å². The monoisotopic (exact) mass is 578 g/mol. The highest BCUT2D eigenvalue weighted by Gasteiger charge is 2.60. The number of sulfonamides is 1. The van der Waals surface area contributed by atoms with Gasteiger partial charge in [-0.15, -0.1) is 0 Å². The summed E-state index contributed by atoms with van der Waals surface area (Å²) in [6.07, 6.45) is 7.50. The Morgan fingerprint density at radius 2 is 1.57 bits per heavy atom. The first-order chi connectivity index (χ1) is 18.9. The van der Waals surface area contributed by atoms with Crippen LogP contribution >= 0.6 is 11.6 Å². The second kappa shape index (κ2) is 9.52. The number of methoxy groups -OCH3 is 1. The highest BCUT2D eigenvalue weighted by Crippen LogP contribution is 2.70. The fraction of sp³-hybridized carbons (Fsp3) is 0.406. The molecule has 0 heterocycles. The molecule has 0 aliphatic heterocycles. The van der Waals surface area contributed by atoms with Crippen LogP contribution in [-0.4, -0.2) is 21.5 Å². The second-order valence-corrected chi connectivity index (χ2v) is 15.0. The third-order valence-electron chi connectivity index (χ3n) is 9.23. The van der Waals surface area contributed by atoms with Crippen molar-refractivity contribution in [2.75, 3.05) is 17.1 Å². The summed E-state index contributed by atoms with van der Waals surface area (Å²) >= 11 is 6.73. The Kier molecular flexibility index (Phi) is 6.46. The van der Waals surface area contributed by atoms with Crippen molar-refractivity contribution in [3.63, 3.8) is 0 Å². The number of carbonyl (C=O) groups is 1. The van der Waals surface area contributed by atoms with Crippen molar-refractivity contribution in [1.82, 2.24) is 0 Å². The molecule has 3 aromatic rings. The molecule has 4 aliphatic rings. The van der Waals surface area contributed by atoms with Crippen LogP contribution in [0.4, 0.5) is 17.1 Å². The zero-order chi connectivity index (χ0) is 28.3. The van der Waals surface area contributed by atoms with Crippen molar-refractivity contribution in [1.29, 1.82) is 0 Å². The van der Waals surface area contributed by atoms with Crippen molar-refractivity contribution in [2.24, 2.45) is 16.7 Å². The van der Waals surface area contributed by atoms with E-state index in [1.807, 2.05) is 12.1 Å². The van der Waals surface area contributed by atoms with Gasteiger partial charge < -0.3 is 10.1 Å². The molecular formula is C32H35ClN2O4S. The summed E-state index contributed by atoms with van der Waals surface area (Å²) in [4.78, 5) is 12.2. The summed E-state index contributed by atoms with van der Waals surface area (Å²) in [5.74, 6) is 0.301. The van der Waals surface area contributed by atoms with E-state index in [0.717, 1.165) is 5.92 Å².